The number of nitrogens with zero attached hydrogens (tertiary/aromatic N) is 5. The highest BCUT2D eigenvalue weighted by molar-refractivity contribution is 7.19. The van der Waals surface area contributed by atoms with Crippen LogP contribution in [-0.2, 0) is 4.74 Å². The second kappa shape index (κ2) is 9.43. The van der Waals surface area contributed by atoms with Crippen LogP contribution in [0.5, 0.6) is 5.75 Å². The van der Waals surface area contributed by atoms with Crippen molar-refractivity contribution < 1.29 is 14.3 Å². The van der Waals surface area contributed by atoms with E-state index in [0.29, 0.717) is 54.3 Å². The summed E-state index contributed by atoms with van der Waals surface area (Å²) in [7, 11) is 2.80. The lowest BCUT2D eigenvalue weighted by Gasteiger charge is -2.11. The lowest BCUT2D eigenvalue weighted by atomic mass is 10.1. The molecule has 12 heteroatoms. The zero-order chi connectivity index (χ0) is 22.7. The van der Waals surface area contributed by atoms with Gasteiger partial charge in [0.2, 0.25) is 0 Å². The van der Waals surface area contributed by atoms with Crippen molar-refractivity contribution in [3.8, 4) is 39.1 Å². The smallest absolute Gasteiger partial charge is 0.413 e. The number of amides is 1. The van der Waals surface area contributed by atoms with Crippen molar-refractivity contribution >= 4 is 45.8 Å². The van der Waals surface area contributed by atoms with Crippen LogP contribution in [0.15, 0.2) is 43.0 Å². The molecule has 3 heterocycles. The quantitative estimate of drug-likeness (QED) is 0.406. The molecule has 0 fully saturated rings. The Morgan fingerprint density at radius 1 is 0.969 bits per heavy atom. The topological polar surface area (TPSA) is 112 Å². The summed E-state index contributed by atoms with van der Waals surface area (Å²) < 4.78 is 9.83. The van der Waals surface area contributed by atoms with Gasteiger partial charge in [-0.1, -0.05) is 34.5 Å². The fraction of sp³-hybridized carbons (Fsp3) is 0.100. The molecule has 0 aliphatic carbocycles. The summed E-state index contributed by atoms with van der Waals surface area (Å²) in [5, 5.41) is 3.61. The van der Waals surface area contributed by atoms with Gasteiger partial charge >= 0.3 is 6.09 Å². The van der Waals surface area contributed by atoms with Crippen molar-refractivity contribution in [3.63, 3.8) is 0 Å². The normalized spacial score (nSPS) is 10.6. The number of ether oxygens (including phenoxy) is 2. The molecule has 9 nitrogen and oxygen atoms in total. The van der Waals surface area contributed by atoms with E-state index in [-0.39, 0.29) is 0 Å². The van der Waals surface area contributed by atoms with Crippen LogP contribution in [-0.4, -0.2) is 45.2 Å². The highest BCUT2D eigenvalue weighted by Gasteiger charge is 2.18. The number of thiazole rings is 1. The van der Waals surface area contributed by atoms with E-state index >= 15 is 0 Å². The van der Waals surface area contributed by atoms with Crippen molar-refractivity contribution in [1.82, 2.24) is 24.9 Å². The molecule has 1 amide bonds. The van der Waals surface area contributed by atoms with Gasteiger partial charge in [-0.2, -0.15) is 0 Å². The number of halogens is 2. The van der Waals surface area contributed by atoms with Gasteiger partial charge in [0.1, 0.15) is 11.4 Å². The van der Waals surface area contributed by atoms with E-state index in [4.69, 9.17) is 27.9 Å². The van der Waals surface area contributed by atoms with Crippen molar-refractivity contribution in [2.24, 2.45) is 0 Å². The summed E-state index contributed by atoms with van der Waals surface area (Å²) >= 11 is 14.2. The Balaban J connectivity index is 1.86. The predicted molar refractivity (Wildman–Crippen MR) is 122 cm³/mol. The molecule has 0 aliphatic rings. The molecule has 0 aliphatic heterocycles. The van der Waals surface area contributed by atoms with E-state index in [2.05, 4.69) is 35.0 Å². The molecule has 1 N–H and O–H groups in total. The molecule has 0 radical (unpaired) electrons. The number of aromatic nitrogens is 5. The van der Waals surface area contributed by atoms with Crippen LogP contribution in [0.1, 0.15) is 0 Å². The van der Waals surface area contributed by atoms with Crippen LogP contribution in [0.4, 0.5) is 9.93 Å². The Morgan fingerprint density at radius 3 is 2.38 bits per heavy atom. The molecular weight excluding hydrogens is 475 g/mol. The molecule has 4 aromatic rings. The van der Waals surface area contributed by atoms with E-state index in [1.54, 1.807) is 43.0 Å². The molecule has 0 spiro atoms. The molecule has 0 saturated heterocycles. The Labute approximate surface area is 196 Å². The minimum Gasteiger partial charge on any atom is -0.497 e. The fourth-order valence-electron chi connectivity index (χ4n) is 2.73. The number of methoxy groups -OCH3 is 2. The summed E-state index contributed by atoms with van der Waals surface area (Å²) in [5.74, 6) is 0.845. The van der Waals surface area contributed by atoms with Crippen molar-refractivity contribution in [3.05, 3.63) is 53.0 Å². The van der Waals surface area contributed by atoms with Crippen LogP contribution < -0.4 is 10.1 Å². The van der Waals surface area contributed by atoms with Gasteiger partial charge in [0.05, 0.1) is 46.7 Å². The third-order valence-electron chi connectivity index (χ3n) is 4.18. The third-order valence-corrected chi connectivity index (χ3v) is 5.71. The molecule has 1 aromatic carbocycles. The molecule has 3 aromatic heterocycles. The van der Waals surface area contributed by atoms with E-state index < -0.39 is 6.09 Å². The van der Waals surface area contributed by atoms with Crippen molar-refractivity contribution in [2.45, 2.75) is 0 Å². The van der Waals surface area contributed by atoms with Gasteiger partial charge in [0.25, 0.3) is 0 Å². The van der Waals surface area contributed by atoms with E-state index in [9.17, 15) is 4.79 Å². The Kier molecular flexibility index (Phi) is 6.45. The standard InChI is InChI=1S/C20H14Cl2N6O3S/c1-30-10-5-11(21)17(12(22)6-10)14-7-13(16-9-25-19(32-16)28-20(29)31-2)26-18(27-14)15-8-23-3-4-24-15/h3-9H,1-2H3,(H,25,28,29). The maximum Gasteiger partial charge on any atom is 0.413 e. The number of rotatable bonds is 5. The highest BCUT2D eigenvalue weighted by atomic mass is 35.5. The Hall–Kier alpha value is -3.34. The summed E-state index contributed by atoms with van der Waals surface area (Å²) in [5.41, 5.74) is 1.99. The Morgan fingerprint density at radius 2 is 1.72 bits per heavy atom. The highest BCUT2D eigenvalue weighted by Crippen LogP contribution is 2.39. The number of anilines is 1. The van der Waals surface area contributed by atoms with Gasteiger partial charge in [0.15, 0.2) is 11.0 Å². The fourth-order valence-corrected chi connectivity index (χ4v) is 4.16. The number of benzene rings is 1. The number of carbonyl (C=O) groups excluding carboxylic acids is 1. The molecule has 0 saturated carbocycles. The van der Waals surface area contributed by atoms with Crippen LogP contribution in [0.25, 0.3) is 33.3 Å². The van der Waals surface area contributed by atoms with Crippen molar-refractivity contribution in [2.75, 3.05) is 19.5 Å². The molecule has 0 unspecified atom stereocenters. The molecule has 0 atom stereocenters. The minimum absolute atomic E-state index is 0.324. The Bertz CT molecular complexity index is 1260. The lowest BCUT2D eigenvalue weighted by molar-refractivity contribution is 0.187. The van der Waals surface area contributed by atoms with Crippen LogP contribution >= 0.6 is 34.5 Å². The first-order chi connectivity index (χ1) is 15.5. The lowest BCUT2D eigenvalue weighted by Crippen LogP contribution is -2.10. The second-order valence-corrected chi connectivity index (χ2v) is 8.01. The molecule has 162 valence electrons. The number of hydrogen-bond donors (Lipinski definition) is 1. The summed E-state index contributed by atoms with van der Waals surface area (Å²) in [6.07, 6.45) is 5.62. The first kappa shape index (κ1) is 21.9. The predicted octanol–water partition coefficient (Wildman–Crippen LogP) is 5.22. The maximum absolute atomic E-state index is 11.5. The van der Waals surface area contributed by atoms with Gasteiger partial charge in [-0.15, -0.1) is 0 Å². The zero-order valence-electron chi connectivity index (χ0n) is 16.7. The number of hydrogen-bond acceptors (Lipinski definition) is 9. The number of nitrogens with one attached hydrogen (secondary N) is 1. The number of carbonyl (C=O) groups is 1. The van der Waals surface area contributed by atoms with E-state index in [1.807, 2.05) is 0 Å². The van der Waals surface area contributed by atoms with Gasteiger partial charge in [0, 0.05) is 24.2 Å². The zero-order valence-corrected chi connectivity index (χ0v) is 19.0. The maximum atomic E-state index is 11.5. The average molecular weight is 489 g/mol. The van der Waals surface area contributed by atoms with E-state index in [1.165, 1.54) is 25.6 Å². The minimum atomic E-state index is -0.619. The third kappa shape index (κ3) is 4.62. The summed E-state index contributed by atoms with van der Waals surface area (Å²) in [6.45, 7) is 0. The summed E-state index contributed by atoms with van der Waals surface area (Å²) in [6, 6.07) is 5.03. The largest absolute Gasteiger partial charge is 0.497 e. The SMILES string of the molecule is COC(=O)Nc1ncc(-c2cc(-c3c(Cl)cc(OC)cc3Cl)nc(-c3cnccn3)n2)s1. The molecular formula is C20H14Cl2N6O3S. The summed E-state index contributed by atoms with van der Waals surface area (Å²) in [4.78, 5) is 33.9. The van der Waals surface area contributed by atoms with E-state index in [0.717, 1.165) is 0 Å². The first-order valence-corrected chi connectivity index (χ1v) is 10.6. The first-order valence-electron chi connectivity index (χ1n) is 8.98. The van der Waals surface area contributed by atoms with Crippen molar-refractivity contribution in [1.29, 1.82) is 0 Å². The second-order valence-electron chi connectivity index (χ2n) is 6.16. The van der Waals surface area contributed by atoms with Crippen LogP contribution in [0.2, 0.25) is 10.0 Å². The average Bonchev–Trinajstić information content (AvgIpc) is 3.27. The van der Waals surface area contributed by atoms with Crippen LogP contribution in [0, 0.1) is 0 Å². The monoisotopic (exact) mass is 488 g/mol. The molecule has 32 heavy (non-hydrogen) atoms. The van der Waals surface area contributed by atoms with Gasteiger partial charge in [-0.25, -0.2) is 24.7 Å². The van der Waals surface area contributed by atoms with Gasteiger partial charge in [-0.3, -0.25) is 10.3 Å². The van der Waals surface area contributed by atoms with Gasteiger partial charge < -0.3 is 9.47 Å². The molecule has 0 bridgehead atoms. The van der Waals surface area contributed by atoms with Crippen LogP contribution in [0.3, 0.4) is 0 Å². The van der Waals surface area contributed by atoms with Gasteiger partial charge in [-0.05, 0) is 18.2 Å². The molecule has 4 rings (SSSR count).